The van der Waals surface area contributed by atoms with E-state index in [2.05, 4.69) is 51.6 Å². The van der Waals surface area contributed by atoms with E-state index in [0.29, 0.717) is 12.0 Å². The van der Waals surface area contributed by atoms with Crippen LogP contribution in [0.3, 0.4) is 0 Å². The van der Waals surface area contributed by atoms with Crippen LogP contribution >= 0.6 is 15.9 Å². The van der Waals surface area contributed by atoms with Crippen molar-refractivity contribution in [1.29, 1.82) is 0 Å². The third-order valence-corrected chi connectivity index (χ3v) is 10.2. The maximum Gasteiger partial charge on any atom is 0.407 e. The molecule has 2 amide bonds. The van der Waals surface area contributed by atoms with E-state index < -0.39 is 12.1 Å². The topological polar surface area (TPSA) is 71.0 Å². The minimum Gasteiger partial charge on any atom is -0.453 e. The number of carbonyl (C=O) groups is 2. The highest BCUT2D eigenvalue weighted by atomic mass is 79.9. The molecule has 6 rings (SSSR count). The molecule has 2 heterocycles. The zero-order valence-electron chi connectivity index (χ0n) is 23.2. The van der Waals surface area contributed by atoms with Gasteiger partial charge in [-0.15, -0.1) is 0 Å². The molecule has 206 valence electrons. The van der Waals surface area contributed by atoms with Crippen molar-refractivity contribution in [2.24, 2.45) is 16.3 Å². The molecule has 4 aliphatic rings. The van der Waals surface area contributed by atoms with Crippen LogP contribution in [0.2, 0.25) is 0 Å². The Bertz CT molecular complexity index is 1340. The summed E-state index contributed by atoms with van der Waals surface area (Å²) >= 11 is 3.85. The lowest BCUT2D eigenvalue weighted by Crippen LogP contribution is -2.53. The largest absolute Gasteiger partial charge is 0.453 e. The summed E-state index contributed by atoms with van der Waals surface area (Å²) in [5.74, 6) is -0.0948. The van der Waals surface area contributed by atoms with Crippen molar-refractivity contribution >= 4 is 39.3 Å². The SMILES string of the molecule is COC(=O)NC(C(=O)N1CCC[C@H]1C1=Nc2ccc(-c3ccc(Br)c4c3CC3(CCCC3)C4)cc2C1)C(C)C. The average molecular weight is 593 g/mol. The monoisotopic (exact) mass is 591 g/mol. The van der Waals surface area contributed by atoms with Gasteiger partial charge in [-0.3, -0.25) is 9.79 Å². The van der Waals surface area contributed by atoms with Gasteiger partial charge in [-0.1, -0.05) is 54.8 Å². The zero-order valence-corrected chi connectivity index (χ0v) is 24.8. The summed E-state index contributed by atoms with van der Waals surface area (Å²) in [5.41, 5.74) is 9.43. The molecule has 1 N–H and O–H groups in total. The van der Waals surface area contributed by atoms with Crippen LogP contribution < -0.4 is 5.32 Å². The number of ether oxygens (including phenoxy) is 1. The maximum atomic E-state index is 13.6. The van der Waals surface area contributed by atoms with Crippen LogP contribution in [0.5, 0.6) is 0 Å². The van der Waals surface area contributed by atoms with E-state index in [1.807, 2.05) is 18.7 Å². The van der Waals surface area contributed by atoms with E-state index >= 15 is 0 Å². The Morgan fingerprint density at radius 1 is 1.10 bits per heavy atom. The molecule has 0 bridgehead atoms. The summed E-state index contributed by atoms with van der Waals surface area (Å²) in [6, 6.07) is 10.6. The molecule has 0 radical (unpaired) electrons. The Morgan fingerprint density at radius 2 is 1.87 bits per heavy atom. The van der Waals surface area contributed by atoms with E-state index in [4.69, 9.17) is 9.73 Å². The number of benzene rings is 2. The van der Waals surface area contributed by atoms with Gasteiger partial charge < -0.3 is 15.0 Å². The Hall–Kier alpha value is -2.67. The van der Waals surface area contributed by atoms with E-state index in [1.54, 1.807) is 0 Å². The third kappa shape index (κ3) is 4.81. The van der Waals surface area contributed by atoms with Gasteiger partial charge in [0.25, 0.3) is 0 Å². The number of amides is 2. The van der Waals surface area contributed by atoms with Crippen LogP contribution in [0.15, 0.2) is 39.8 Å². The second-order valence-electron chi connectivity index (χ2n) is 12.3. The number of fused-ring (bicyclic) bond motifs is 2. The first-order valence-electron chi connectivity index (χ1n) is 14.4. The second kappa shape index (κ2) is 10.4. The summed E-state index contributed by atoms with van der Waals surface area (Å²) in [4.78, 5) is 32.4. The molecule has 1 saturated carbocycles. The molecule has 2 aliphatic carbocycles. The van der Waals surface area contributed by atoms with Crippen molar-refractivity contribution in [2.75, 3.05) is 13.7 Å². The fraction of sp³-hybridized carbons (Fsp3) is 0.531. The molecule has 1 unspecified atom stereocenters. The number of halogens is 1. The molecule has 1 spiro atoms. The highest BCUT2D eigenvalue weighted by molar-refractivity contribution is 9.10. The standard InChI is InChI=1S/C32H38BrN3O3/c1-19(2)29(35-31(38)39-3)30(37)36-14-6-7-28(36)27-16-21-15-20(8-11-26(21)34-27)22-9-10-25(33)24-18-32(17-23(22)24)12-4-5-13-32/h8-11,15,19,28-29H,4-7,12-14,16-18H2,1-3H3,(H,35,38)/t28-,29?/m0/s1. The minimum atomic E-state index is -0.614. The van der Waals surface area contributed by atoms with Gasteiger partial charge in [0.2, 0.25) is 5.91 Å². The van der Waals surface area contributed by atoms with Crippen molar-refractivity contribution in [3.05, 3.63) is 51.5 Å². The molecular weight excluding hydrogens is 554 g/mol. The number of nitrogens with one attached hydrogen (secondary N) is 1. The van der Waals surface area contributed by atoms with Crippen LogP contribution in [0.4, 0.5) is 10.5 Å². The lowest BCUT2D eigenvalue weighted by atomic mass is 9.83. The first kappa shape index (κ1) is 26.5. The zero-order chi connectivity index (χ0) is 27.3. The minimum absolute atomic E-state index is 0.0341. The lowest BCUT2D eigenvalue weighted by molar-refractivity contribution is -0.134. The number of nitrogens with zero attached hydrogens (tertiary/aromatic N) is 2. The fourth-order valence-electron chi connectivity index (χ4n) is 7.46. The summed E-state index contributed by atoms with van der Waals surface area (Å²) in [6.07, 6.45) is 9.81. The fourth-order valence-corrected chi connectivity index (χ4v) is 7.97. The van der Waals surface area contributed by atoms with E-state index in [0.717, 1.165) is 30.7 Å². The third-order valence-electron chi connectivity index (χ3n) is 9.48. The molecule has 2 aliphatic heterocycles. The number of rotatable bonds is 5. The van der Waals surface area contributed by atoms with Crippen LogP contribution in [0.1, 0.15) is 69.1 Å². The molecule has 2 atom stereocenters. The maximum absolute atomic E-state index is 13.6. The quantitative estimate of drug-likeness (QED) is 0.417. The number of alkyl carbamates (subject to hydrolysis) is 1. The smallest absolute Gasteiger partial charge is 0.407 e. The molecule has 7 heteroatoms. The van der Waals surface area contributed by atoms with Crippen molar-refractivity contribution < 1.29 is 14.3 Å². The Labute approximate surface area is 239 Å². The average Bonchev–Trinajstić information content (AvgIpc) is 3.72. The van der Waals surface area contributed by atoms with E-state index in [9.17, 15) is 9.59 Å². The highest BCUT2D eigenvalue weighted by Crippen LogP contribution is 2.52. The Morgan fingerprint density at radius 3 is 2.62 bits per heavy atom. The van der Waals surface area contributed by atoms with Gasteiger partial charge in [0.1, 0.15) is 6.04 Å². The summed E-state index contributed by atoms with van der Waals surface area (Å²) in [6.45, 7) is 4.58. The lowest BCUT2D eigenvalue weighted by Gasteiger charge is -2.30. The van der Waals surface area contributed by atoms with Crippen molar-refractivity contribution in [3.8, 4) is 11.1 Å². The van der Waals surface area contributed by atoms with Crippen LogP contribution in [-0.4, -0.2) is 48.4 Å². The first-order chi connectivity index (χ1) is 18.8. The molecule has 2 aromatic carbocycles. The van der Waals surface area contributed by atoms with Crippen LogP contribution in [0.25, 0.3) is 11.1 Å². The van der Waals surface area contributed by atoms with Crippen LogP contribution in [-0.2, 0) is 28.8 Å². The first-order valence-corrected chi connectivity index (χ1v) is 15.2. The van der Waals surface area contributed by atoms with Crippen molar-refractivity contribution in [1.82, 2.24) is 10.2 Å². The van der Waals surface area contributed by atoms with Crippen molar-refractivity contribution in [3.63, 3.8) is 0 Å². The van der Waals surface area contributed by atoms with Gasteiger partial charge in [-0.2, -0.15) is 0 Å². The number of hydrogen-bond donors (Lipinski definition) is 1. The molecule has 1 saturated heterocycles. The summed E-state index contributed by atoms with van der Waals surface area (Å²) in [5, 5.41) is 2.74. The molecule has 2 aromatic rings. The molecule has 2 fully saturated rings. The number of carbonyl (C=O) groups excluding carboxylic acids is 2. The Balaban J connectivity index is 1.23. The number of aliphatic imine (C=N–C) groups is 1. The van der Waals surface area contributed by atoms with Gasteiger partial charge in [-0.25, -0.2) is 4.79 Å². The number of hydrogen-bond acceptors (Lipinski definition) is 4. The van der Waals surface area contributed by atoms with Gasteiger partial charge in [0.05, 0.1) is 18.8 Å². The molecule has 0 aromatic heterocycles. The summed E-state index contributed by atoms with van der Waals surface area (Å²) < 4.78 is 6.03. The molecule has 39 heavy (non-hydrogen) atoms. The molecular formula is C32H38BrN3O3. The predicted octanol–water partition coefficient (Wildman–Crippen LogP) is 6.78. The van der Waals surface area contributed by atoms with Gasteiger partial charge in [0.15, 0.2) is 0 Å². The Kier molecular flexibility index (Phi) is 7.07. The number of likely N-dealkylation sites (tertiary alicyclic amines) is 1. The summed E-state index contributed by atoms with van der Waals surface area (Å²) in [7, 11) is 1.32. The van der Waals surface area contributed by atoms with Gasteiger partial charge in [0, 0.05) is 23.1 Å². The van der Waals surface area contributed by atoms with Crippen LogP contribution in [0, 0.1) is 11.3 Å². The normalized spacial score (nSPS) is 21.7. The highest BCUT2D eigenvalue weighted by Gasteiger charge is 2.42. The van der Waals surface area contributed by atoms with E-state index in [1.165, 1.54) is 77.9 Å². The molecule has 6 nitrogen and oxygen atoms in total. The van der Waals surface area contributed by atoms with Gasteiger partial charge >= 0.3 is 6.09 Å². The van der Waals surface area contributed by atoms with Gasteiger partial charge in [-0.05, 0) is 95.9 Å². The second-order valence-corrected chi connectivity index (χ2v) is 13.1. The number of methoxy groups -OCH3 is 1. The van der Waals surface area contributed by atoms with E-state index in [-0.39, 0.29) is 17.9 Å². The van der Waals surface area contributed by atoms with Crippen molar-refractivity contribution in [2.45, 2.75) is 83.7 Å². The predicted molar refractivity (Wildman–Crippen MR) is 158 cm³/mol.